The van der Waals surface area contributed by atoms with Gasteiger partial charge in [-0.1, -0.05) is 18.2 Å². The summed E-state index contributed by atoms with van der Waals surface area (Å²) in [6.07, 6.45) is 1.50. The van der Waals surface area contributed by atoms with Crippen LogP contribution in [0.1, 0.15) is 17.2 Å². The number of methoxy groups -OCH3 is 1. The molecule has 1 atom stereocenters. The first-order chi connectivity index (χ1) is 14.5. The van der Waals surface area contributed by atoms with Crippen molar-refractivity contribution in [1.29, 1.82) is 0 Å². The number of rotatable bonds is 4. The number of nitrogens with zero attached hydrogens (tertiary/aromatic N) is 2. The van der Waals surface area contributed by atoms with Gasteiger partial charge in [-0.05, 0) is 54.1 Å². The average molecular weight is 404 g/mol. The number of Topliss-reactive ketones (excluding diaryl/α,β-unsaturated/α-hetero) is 1. The number of aromatic nitrogens is 1. The first-order valence-corrected chi connectivity index (χ1v) is 9.13. The molecule has 4 rings (SSSR count). The minimum Gasteiger partial charge on any atom is -0.507 e. The summed E-state index contributed by atoms with van der Waals surface area (Å²) in [4.78, 5) is 31.2. The number of aliphatic hydroxyl groups is 1. The van der Waals surface area contributed by atoms with Crippen LogP contribution in [0.15, 0.2) is 78.5 Å². The highest BCUT2D eigenvalue weighted by atomic mass is 19.1. The van der Waals surface area contributed by atoms with Crippen LogP contribution in [0.4, 0.5) is 10.2 Å². The van der Waals surface area contributed by atoms with Gasteiger partial charge in [-0.3, -0.25) is 14.5 Å². The third-order valence-electron chi connectivity index (χ3n) is 4.89. The molecule has 0 unspecified atom stereocenters. The lowest BCUT2D eigenvalue weighted by molar-refractivity contribution is -0.132. The highest BCUT2D eigenvalue weighted by Gasteiger charge is 2.47. The number of carbonyl (C=O) groups is 2. The third-order valence-corrected chi connectivity index (χ3v) is 4.89. The van der Waals surface area contributed by atoms with Crippen LogP contribution >= 0.6 is 0 Å². The second-order valence-corrected chi connectivity index (χ2v) is 6.64. The van der Waals surface area contributed by atoms with Gasteiger partial charge in [0.2, 0.25) is 0 Å². The number of hydrogen-bond acceptors (Lipinski definition) is 5. The van der Waals surface area contributed by atoms with E-state index < -0.39 is 23.5 Å². The summed E-state index contributed by atoms with van der Waals surface area (Å²) in [5.74, 6) is -1.62. The maximum atomic E-state index is 13.5. The molecule has 1 saturated heterocycles. The van der Waals surface area contributed by atoms with Crippen molar-refractivity contribution in [2.75, 3.05) is 12.0 Å². The highest BCUT2D eigenvalue weighted by molar-refractivity contribution is 6.51. The third kappa shape index (κ3) is 3.30. The molecule has 0 radical (unpaired) electrons. The fraction of sp³-hybridized carbons (Fsp3) is 0.0870. The van der Waals surface area contributed by atoms with Crippen molar-refractivity contribution in [2.45, 2.75) is 6.04 Å². The molecule has 1 aliphatic heterocycles. The number of amides is 1. The molecule has 6 nitrogen and oxygen atoms in total. The number of anilines is 1. The molecule has 7 heteroatoms. The number of benzene rings is 2. The zero-order valence-electron chi connectivity index (χ0n) is 15.9. The van der Waals surface area contributed by atoms with Crippen LogP contribution in [0.3, 0.4) is 0 Å². The number of halogens is 1. The maximum Gasteiger partial charge on any atom is 0.301 e. The van der Waals surface area contributed by atoms with E-state index in [0.717, 1.165) is 0 Å². The van der Waals surface area contributed by atoms with Gasteiger partial charge in [-0.2, -0.15) is 0 Å². The summed E-state index contributed by atoms with van der Waals surface area (Å²) >= 11 is 0. The van der Waals surface area contributed by atoms with Crippen LogP contribution in [-0.4, -0.2) is 28.9 Å². The molecule has 0 bridgehead atoms. The lowest BCUT2D eigenvalue weighted by Gasteiger charge is -2.24. The molecule has 150 valence electrons. The van der Waals surface area contributed by atoms with Crippen molar-refractivity contribution in [1.82, 2.24) is 4.98 Å². The Labute approximate surface area is 171 Å². The molecule has 1 fully saturated rings. The van der Waals surface area contributed by atoms with E-state index in [2.05, 4.69) is 4.98 Å². The monoisotopic (exact) mass is 404 g/mol. The predicted molar refractivity (Wildman–Crippen MR) is 108 cm³/mol. The molecule has 3 aromatic rings. The van der Waals surface area contributed by atoms with E-state index in [4.69, 9.17) is 4.74 Å². The zero-order valence-corrected chi connectivity index (χ0v) is 15.9. The Bertz CT molecular complexity index is 1130. The smallest absolute Gasteiger partial charge is 0.301 e. The van der Waals surface area contributed by atoms with E-state index in [1.165, 1.54) is 42.5 Å². The maximum absolute atomic E-state index is 13.5. The first-order valence-electron chi connectivity index (χ1n) is 9.13. The van der Waals surface area contributed by atoms with Crippen LogP contribution in [0.25, 0.3) is 5.76 Å². The Morgan fingerprint density at radius 3 is 2.33 bits per heavy atom. The second kappa shape index (κ2) is 7.79. The molecule has 30 heavy (non-hydrogen) atoms. The van der Waals surface area contributed by atoms with Gasteiger partial charge in [0.15, 0.2) is 0 Å². The van der Waals surface area contributed by atoms with E-state index in [0.29, 0.717) is 16.9 Å². The lowest BCUT2D eigenvalue weighted by atomic mass is 9.95. The Kier molecular flexibility index (Phi) is 5.02. The standard InChI is InChI=1S/C23H17FN2O4/c1-30-17-11-7-15(8-12-17)21(27)19-20(14-5-9-16(24)10-6-14)26(23(29)22(19)28)18-4-2-3-13-25-18/h2-13,20,27H,1H3/t20-/m1/s1. The number of ether oxygens (including phenoxy) is 1. The number of carbonyl (C=O) groups excluding carboxylic acids is 2. The molecular weight excluding hydrogens is 387 g/mol. The summed E-state index contributed by atoms with van der Waals surface area (Å²) < 4.78 is 18.6. The van der Waals surface area contributed by atoms with Crippen LogP contribution < -0.4 is 9.64 Å². The van der Waals surface area contributed by atoms with Crippen molar-refractivity contribution < 1.29 is 23.8 Å². The second-order valence-electron chi connectivity index (χ2n) is 6.64. The van der Waals surface area contributed by atoms with Crippen LogP contribution in [0.2, 0.25) is 0 Å². The van der Waals surface area contributed by atoms with Gasteiger partial charge in [-0.15, -0.1) is 0 Å². The van der Waals surface area contributed by atoms with E-state index in [1.54, 1.807) is 42.5 Å². The number of hydrogen-bond donors (Lipinski definition) is 1. The van der Waals surface area contributed by atoms with E-state index in [1.807, 2.05) is 0 Å². The lowest BCUT2D eigenvalue weighted by Crippen LogP contribution is -2.30. The predicted octanol–water partition coefficient (Wildman–Crippen LogP) is 3.86. The van der Waals surface area contributed by atoms with Crippen molar-refractivity contribution in [3.05, 3.63) is 95.4 Å². The molecule has 2 heterocycles. The van der Waals surface area contributed by atoms with Gasteiger partial charge in [-0.25, -0.2) is 9.37 Å². The number of pyridine rings is 1. The Balaban J connectivity index is 1.91. The molecule has 0 aliphatic carbocycles. The zero-order chi connectivity index (χ0) is 21.3. The van der Waals surface area contributed by atoms with Crippen LogP contribution in [0, 0.1) is 5.82 Å². The number of ketones is 1. The summed E-state index contributed by atoms with van der Waals surface area (Å²) in [5.41, 5.74) is 0.723. The normalized spacial score (nSPS) is 17.9. The van der Waals surface area contributed by atoms with Gasteiger partial charge in [0.1, 0.15) is 23.1 Å². The Hall–Kier alpha value is -4.00. The topological polar surface area (TPSA) is 79.7 Å². The van der Waals surface area contributed by atoms with Gasteiger partial charge in [0.25, 0.3) is 5.78 Å². The summed E-state index contributed by atoms with van der Waals surface area (Å²) in [7, 11) is 1.52. The quantitative estimate of drug-likeness (QED) is 0.406. The summed E-state index contributed by atoms with van der Waals surface area (Å²) in [5, 5.41) is 11.0. The summed E-state index contributed by atoms with van der Waals surface area (Å²) in [6, 6.07) is 15.9. The minimum atomic E-state index is -0.956. The Morgan fingerprint density at radius 1 is 1.03 bits per heavy atom. The molecule has 1 aliphatic rings. The number of aliphatic hydroxyl groups excluding tert-OH is 1. The minimum absolute atomic E-state index is 0.0950. The fourth-order valence-electron chi connectivity index (χ4n) is 3.43. The molecule has 2 aromatic carbocycles. The molecule has 1 N–H and O–H groups in total. The van der Waals surface area contributed by atoms with Gasteiger partial charge in [0.05, 0.1) is 18.7 Å². The van der Waals surface area contributed by atoms with Crippen molar-refractivity contribution in [3.8, 4) is 5.75 Å². The average Bonchev–Trinajstić information content (AvgIpc) is 3.05. The highest BCUT2D eigenvalue weighted by Crippen LogP contribution is 2.41. The van der Waals surface area contributed by atoms with Crippen LogP contribution in [-0.2, 0) is 9.59 Å². The largest absolute Gasteiger partial charge is 0.507 e. The molecule has 0 saturated carbocycles. The molecule has 0 spiro atoms. The van der Waals surface area contributed by atoms with E-state index >= 15 is 0 Å². The molecule has 1 aromatic heterocycles. The first kappa shape index (κ1) is 19.3. The van der Waals surface area contributed by atoms with Gasteiger partial charge in [0, 0.05) is 11.8 Å². The molecular formula is C23H17FN2O4. The SMILES string of the molecule is COc1ccc(C(O)=C2C(=O)C(=O)N(c3ccccn3)[C@@H]2c2ccc(F)cc2)cc1. The van der Waals surface area contributed by atoms with Gasteiger partial charge >= 0.3 is 5.91 Å². The van der Waals surface area contributed by atoms with Crippen LogP contribution in [0.5, 0.6) is 5.75 Å². The molecule has 1 amide bonds. The van der Waals surface area contributed by atoms with E-state index in [-0.39, 0.29) is 17.2 Å². The Morgan fingerprint density at radius 2 is 1.73 bits per heavy atom. The van der Waals surface area contributed by atoms with Crippen molar-refractivity contribution in [3.63, 3.8) is 0 Å². The van der Waals surface area contributed by atoms with Gasteiger partial charge < -0.3 is 9.84 Å². The fourth-order valence-corrected chi connectivity index (χ4v) is 3.43. The van der Waals surface area contributed by atoms with Crippen molar-refractivity contribution in [2.24, 2.45) is 0 Å². The summed E-state index contributed by atoms with van der Waals surface area (Å²) in [6.45, 7) is 0. The van der Waals surface area contributed by atoms with E-state index in [9.17, 15) is 19.1 Å². The van der Waals surface area contributed by atoms with Crippen molar-refractivity contribution >= 4 is 23.3 Å².